The van der Waals surface area contributed by atoms with Gasteiger partial charge in [0, 0.05) is 21.0 Å². The Morgan fingerprint density at radius 2 is 1.77 bits per heavy atom. The molecule has 4 heteroatoms. The third-order valence-electron chi connectivity index (χ3n) is 4.02. The zero-order valence-corrected chi connectivity index (χ0v) is 14.6. The van der Waals surface area contributed by atoms with Gasteiger partial charge in [0.1, 0.15) is 0 Å². The number of carbonyl (C=O) groups excluding carboxylic acids is 1. The molecule has 1 heterocycles. The van der Waals surface area contributed by atoms with E-state index in [1.807, 2.05) is 55.5 Å². The highest BCUT2D eigenvalue weighted by atomic mass is 79.9. The lowest BCUT2D eigenvalue weighted by atomic mass is 9.87. The summed E-state index contributed by atoms with van der Waals surface area (Å²) >= 11 is 5.09. The molecule has 114 valence electrons. The van der Waals surface area contributed by atoms with Gasteiger partial charge in [-0.2, -0.15) is 11.8 Å². The predicted molar refractivity (Wildman–Crippen MR) is 94.3 cm³/mol. The van der Waals surface area contributed by atoms with Crippen LogP contribution in [0.3, 0.4) is 0 Å². The Balaban J connectivity index is 1.90. The second-order valence-electron chi connectivity index (χ2n) is 5.63. The summed E-state index contributed by atoms with van der Waals surface area (Å²) in [5.41, 5.74) is 2.90. The van der Waals surface area contributed by atoms with Crippen LogP contribution in [0.2, 0.25) is 0 Å². The first kappa shape index (κ1) is 15.8. The molecule has 0 radical (unpaired) electrons. The monoisotopic (exact) mass is 376 g/mol. The van der Waals surface area contributed by atoms with Crippen LogP contribution >= 0.6 is 27.7 Å². The van der Waals surface area contributed by atoms with E-state index in [0.717, 1.165) is 15.6 Å². The average molecular weight is 377 g/mol. The van der Waals surface area contributed by atoms with Crippen molar-refractivity contribution in [2.45, 2.75) is 18.3 Å². The number of halogens is 1. The van der Waals surface area contributed by atoms with Gasteiger partial charge >= 0.3 is 0 Å². The van der Waals surface area contributed by atoms with Gasteiger partial charge in [-0.3, -0.25) is 4.79 Å². The number of ketones is 1. The summed E-state index contributed by atoms with van der Waals surface area (Å²) in [5, 5.41) is 10.3. The van der Waals surface area contributed by atoms with Crippen LogP contribution in [-0.2, 0) is 0 Å². The molecule has 22 heavy (non-hydrogen) atoms. The molecule has 1 N–H and O–H groups in total. The molecule has 0 unspecified atom stereocenters. The van der Waals surface area contributed by atoms with Gasteiger partial charge in [0.05, 0.1) is 12.0 Å². The van der Waals surface area contributed by atoms with Crippen LogP contribution in [0.1, 0.15) is 26.7 Å². The molecule has 1 fully saturated rings. The number of hydrogen-bond donors (Lipinski definition) is 1. The fourth-order valence-electron chi connectivity index (χ4n) is 2.79. The summed E-state index contributed by atoms with van der Waals surface area (Å²) in [6.07, 6.45) is -0.590. The van der Waals surface area contributed by atoms with E-state index in [1.54, 1.807) is 11.8 Å². The molecule has 1 saturated heterocycles. The van der Waals surface area contributed by atoms with Crippen molar-refractivity contribution in [1.82, 2.24) is 0 Å². The summed E-state index contributed by atoms with van der Waals surface area (Å²) in [4.78, 5) is 12.8. The molecule has 0 aliphatic carbocycles. The van der Waals surface area contributed by atoms with Gasteiger partial charge in [-0.1, -0.05) is 57.9 Å². The molecule has 1 aliphatic rings. The van der Waals surface area contributed by atoms with Crippen molar-refractivity contribution in [3.8, 4) is 0 Å². The molecule has 2 nitrogen and oxygen atoms in total. The molecule has 0 saturated carbocycles. The summed E-state index contributed by atoms with van der Waals surface area (Å²) in [5.74, 6) is 0.252. The van der Waals surface area contributed by atoms with E-state index in [4.69, 9.17) is 0 Å². The van der Waals surface area contributed by atoms with Crippen LogP contribution in [0.15, 0.2) is 53.0 Å². The lowest BCUT2D eigenvalue weighted by Crippen LogP contribution is -2.28. The van der Waals surface area contributed by atoms with Crippen molar-refractivity contribution in [2.24, 2.45) is 5.92 Å². The van der Waals surface area contributed by atoms with E-state index < -0.39 is 6.10 Å². The van der Waals surface area contributed by atoms with Gasteiger partial charge < -0.3 is 5.11 Å². The number of hydrogen-bond acceptors (Lipinski definition) is 3. The first-order valence-corrected chi connectivity index (χ1v) is 9.06. The summed E-state index contributed by atoms with van der Waals surface area (Å²) in [6, 6.07) is 15.6. The largest absolute Gasteiger partial charge is 0.391 e. The van der Waals surface area contributed by atoms with Crippen LogP contribution in [-0.4, -0.2) is 22.7 Å². The van der Waals surface area contributed by atoms with E-state index in [1.165, 1.54) is 0 Å². The van der Waals surface area contributed by atoms with Gasteiger partial charge in [0.2, 0.25) is 0 Å². The maximum Gasteiger partial charge on any atom is 0.170 e. The fraction of sp³-hybridized carbons (Fsp3) is 0.278. The number of benzene rings is 2. The summed E-state index contributed by atoms with van der Waals surface area (Å²) < 4.78 is 1.02. The van der Waals surface area contributed by atoms with Crippen LogP contribution in [0.25, 0.3) is 0 Å². The third-order valence-corrected chi connectivity index (χ3v) is 6.01. The predicted octanol–water partition coefficient (Wildman–Crippen LogP) is 4.41. The normalized spacial score (nSPS) is 24.4. The van der Waals surface area contributed by atoms with Crippen molar-refractivity contribution < 1.29 is 9.90 Å². The Hall–Kier alpha value is -1.10. The molecule has 0 bridgehead atoms. The second-order valence-corrected chi connectivity index (χ2v) is 7.72. The number of aliphatic hydroxyl groups excluding tert-OH is 1. The minimum absolute atomic E-state index is 0.0110. The Morgan fingerprint density at radius 1 is 1.14 bits per heavy atom. The molecule has 0 amide bonds. The lowest BCUT2D eigenvalue weighted by Gasteiger charge is -2.20. The lowest BCUT2D eigenvalue weighted by molar-refractivity contribution is 0.0757. The number of aliphatic hydroxyl groups is 1. The number of Topliss-reactive ketones (excluding diaryl/α,β-unsaturated/α-hetero) is 1. The average Bonchev–Trinajstić information content (AvgIpc) is 2.90. The Kier molecular flexibility index (Phi) is 4.71. The molecule has 1 aliphatic heterocycles. The highest BCUT2D eigenvalue weighted by molar-refractivity contribution is 9.10. The molecule has 3 rings (SSSR count). The van der Waals surface area contributed by atoms with Crippen LogP contribution in [0.5, 0.6) is 0 Å². The van der Waals surface area contributed by atoms with Crippen molar-refractivity contribution in [3.63, 3.8) is 0 Å². The second kappa shape index (κ2) is 6.57. The number of aryl methyl sites for hydroxylation is 1. The molecule has 0 aromatic heterocycles. The first-order valence-electron chi connectivity index (χ1n) is 7.22. The first-order chi connectivity index (χ1) is 10.6. The molecule has 2 aromatic rings. The molecule has 0 spiro atoms. The standard InChI is InChI=1S/C18H17BrO2S/c1-11-2-4-12(5-3-11)17(21)16-15(20)10-22-18(16)13-6-8-14(19)9-7-13/h2-9,15-16,18,20H,10H2,1H3/t15-,16+,18+/m1/s1. The molecule has 3 atom stereocenters. The Labute approximate surface area is 143 Å². The van der Waals surface area contributed by atoms with Gasteiger partial charge in [-0.15, -0.1) is 0 Å². The van der Waals surface area contributed by atoms with Crippen molar-refractivity contribution in [1.29, 1.82) is 0 Å². The molecular weight excluding hydrogens is 360 g/mol. The van der Waals surface area contributed by atoms with Gasteiger partial charge in [-0.25, -0.2) is 0 Å². The number of carbonyl (C=O) groups is 1. The molecule has 2 aromatic carbocycles. The van der Waals surface area contributed by atoms with Crippen LogP contribution in [0.4, 0.5) is 0 Å². The van der Waals surface area contributed by atoms with E-state index in [0.29, 0.717) is 11.3 Å². The smallest absolute Gasteiger partial charge is 0.170 e. The Morgan fingerprint density at radius 3 is 2.41 bits per heavy atom. The van der Waals surface area contributed by atoms with E-state index in [2.05, 4.69) is 15.9 Å². The zero-order chi connectivity index (χ0) is 15.7. The minimum Gasteiger partial charge on any atom is -0.391 e. The van der Waals surface area contributed by atoms with Crippen LogP contribution in [0, 0.1) is 12.8 Å². The van der Waals surface area contributed by atoms with Gasteiger partial charge in [-0.05, 0) is 24.6 Å². The van der Waals surface area contributed by atoms with E-state index in [-0.39, 0.29) is 17.0 Å². The minimum atomic E-state index is -0.590. The third kappa shape index (κ3) is 3.14. The van der Waals surface area contributed by atoms with E-state index in [9.17, 15) is 9.90 Å². The maximum atomic E-state index is 12.8. The summed E-state index contributed by atoms with van der Waals surface area (Å²) in [6.45, 7) is 2.00. The maximum absolute atomic E-state index is 12.8. The highest BCUT2D eigenvalue weighted by Gasteiger charge is 2.41. The van der Waals surface area contributed by atoms with Crippen LogP contribution < -0.4 is 0 Å². The topological polar surface area (TPSA) is 37.3 Å². The van der Waals surface area contributed by atoms with Gasteiger partial charge in [0.15, 0.2) is 5.78 Å². The quantitative estimate of drug-likeness (QED) is 0.806. The van der Waals surface area contributed by atoms with Gasteiger partial charge in [0.25, 0.3) is 0 Å². The molecular formula is C18H17BrO2S. The van der Waals surface area contributed by atoms with E-state index >= 15 is 0 Å². The number of rotatable bonds is 3. The Bertz CT molecular complexity index is 666. The van der Waals surface area contributed by atoms with Crippen molar-refractivity contribution in [2.75, 3.05) is 5.75 Å². The fourth-order valence-corrected chi connectivity index (χ4v) is 4.53. The zero-order valence-electron chi connectivity index (χ0n) is 12.2. The highest BCUT2D eigenvalue weighted by Crippen LogP contribution is 2.46. The summed E-state index contributed by atoms with van der Waals surface area (Å²) in [7, 11) is 0. The SMILES string of the molecule is Cc1ccc(C(=O)[C@@H]2[C@H](O)CS[C@H]2c2ccc(Br)cc2)cc1. The van der Waals surface area contributed by atoms with Crippen molar-refractivity contribution in [3.05, 3.63) is 69.7 Å². The number of thioether (sulfide) groups is 1. The van der Waals surface area contributed by atoms with Crippen molar-refractivity contribution >= 4 is 33.5 Å².